The van der Waals surface area contributed by atoms with Crippen LogP contribution in [0.4, 0.5) is 0 Å². The van der Waals surface area contributed by atoms with Gasteiger partial charge < -0.3 is 34.6 Å². The molecule has 0 saturated carbocycles. The van der Waals surface area contributed by atoms with Gasteiger partial charge in [0.05, 0.1) is 24.6 Å². The van der Waals surface area contributed by atoms with Crippen molar-refractivity contribution in [2.24, 2.45) is 11.8 Å². The van der Waals surface area contributed by atoms with Crippen LogP contribution in [0, 0.1) is 11.8 Å². The van der Waals surface area contributed by atoms with Gasteiger partial charge in [0.2, 0.25) is 6.41 Å². The number of aliphatic hydroxyl groups is 4. The molecule has 1 aliphatic carbocycles. The average Bonchev–Trinajstić information content (AvgIpc) is 2.56. The number of nitrogens with one attached hydrogen (secondary N) is 1. The van der Waals surface area contributed by atoms with E-state index in [-0.39, 0.29) is 5.92 Å². The molecule has 0 aromatic rings. The number of rotatable bonds is 13. The number of allylic oxidation sites excluding steroid dienone is 2. The van der Waals surface area contributed by atoms with E-state index in [2.05, 4.69) is 5.32 Å². The highest BCUT2D eigenvalue weighted by Gasteiger charge is 2.24. The molecule has 5 N–H and O–H groups in total. The molecular weight excluding hydrogens is 366 g/mol. The van der Waals surface area contributed by atoms with Gasteiger partial charge in [0, 0.05) is 18.9 Å². The van der Waals surface area contributed by atoms with Gasteiger partial charge in [-0.3, -0.25) is 5.32 Å². The summed E-state index contributed by atoms with van der Waals surface area (Å²) in [5, 5.41) is 40.4. The minimum absolute atomic E-state index is 0.193. The fourth-order valence-electron chi connectivity index (χ4n) is 3.11. The van der Waals surface area contributed by atoms with Crippen molar-refractivity contribution in [3.05, 3.63) is 11.8 Å². The summed E-state index contributed by atoms with van der Waals surface area (Å²) in [7, 11) is 0. The third-order valence-electron chi connectivity index (χ3n) is 4.47. The zero-order valence-electron chi connectivity index (χ0n) is 17.6. The molecule has 0 saturated heterocycles. The highest BCUT2D eigenvalue weighted by molar-refractivity contribution is 5.03. The first-order chi connectivity index (χ1) is 13.1. The van der Waals surface area contributed by atoms with E-state index in [1.54, 1.807) is 0 Å². The molecule has 0 aliphatic heterocycles. The molecule has 0 bridgehead atoms. The van der Waals surface area contributed by atoms with Crippen LogP contribution in [-0.4, -0.2) is 64.8 Å². The predicted octanol–water partition coefficient (Wildman–Crippen LogP) is 1.43. The lowest BCUT2D eigenvalue weighted by atomic mass is 9.83. The zero-order chi connectivity index (χ0) is 21.2. The number of aliphatic hydroxyl groups excluding tert-OH is 3. The molecule has 4 atom stereocenters. The van der Waals surface area contributed by atoms with Crippen molar-refractivity contribution in [2.45, 2.75) is 84.4 Å². The Bertz CT molecular complexity index is 450. The number of ether oxygens (including phenoxy) is 3. The van der Waals surface area contributed by atoms with Gasteiger partial charge in [-0.15, -0.1) is 0 Å². The lowest BCUT2D eigenvalue weighted by Gasteiger charge is -2.29. The Hall–Kier alpha value is -0.740. The van der Waals surface area contributed by atoms with Crippen LogP contribution in [0.3, 0.4) is 0 Å². The third kappa shape index (κ3) is 12.0. The fourth-order valence-corrected chi connectivity index (χ4v) is 3.11. The first-order valence-corrected chi connectivity index (χ1v) is 10.1. The van der Waals surface area contributed by atoms with E-state index in [1.165, 1.54) is 0 Å². The van der Waals surface area contributed by atoms with Crippen molar-refractivity contribution in [1.82, 2.24) is 5.32 Å². The molecular formula is C20H39NO7. The van der Waals surface area contributed by atoms with Gasteiger partial charge in [-0.1, -0.05) is 6.92 Å². The van der Waals surface area contributed by atoms with Crippen molar-refractivity contribution < 1.29 is 34.6 Å². The average molecular weight is 406 g/mol. The molecule has 28 heavy (non-hydrogen) atoms. The Morgan fingerprint density at radius 3 is 2.46 bits per heavy atom. The summed E-state index contributed by atoms with van der Waals surface area (Å²) in [6.07, 6.45) is 2.02. The SMILES string of the molecule is CC1CC(CCC(O)O)CC=C1OC(O)CCOCCNC(O)OC(C)(C)C. The maximum absolute atomic E-state index is 10.0. The predicted molar refractivity (Wildman–Crippen MR) is 105 cm³/mol. The molecule has 8 heteroatoms. The normalized spacial score (nSPS) is 22.8. The summed E-state index contributed by atoms with van der Waals surface area (Å²) in [4.78, 5) is 0. The molecule has 1 rings (SSSR count). The van der Waals surface area contributed by atoms with Crippen molar-refractivity contribution in [3.63, 3.8) is 0 Å². The standard InChI is InChI=1S/C20H39NO7/c1-14-13-15(6-8-17(22)23)5-7-16(14)27-18(24)9-11-26-12-10-21-19(25)28-20(2,3)4/h7,14-15,17-19,21-25H,5-6,8-13H2,1-4H3. The maximum Gasteiger partial charge on any atom is 0.214 e. The molecule has 166 valence electrons. The van der Waals surface area contributed by atoms with Gasteiger partial charge >= 0.3 is 0 Å². The molecule has 0 radical (unpaired) electrons. The summed E-state index contributed by atoms with van der Waals surface area (Å²) < 4.78 is 16.4. The Morgan fingerprint density at radius 2 is 1.86 bits per heavy atom. The van der Waals surface area contributed by atoms with Crippen molar-refractivity contribution in [3.8, 4) is 0 Å². The van der Waals surface area contributed by atoms with E-state index in [4.69, 9.17) is 24.4 Å². The van der Waals surface area contributed by atoms with E-state index in [0.29, 0.717) is 38.5 Å². The van der Waals surface area contributed by atoms with Crippen LogP contribution in [0.2, 0.25) is 0 Å². The van der Waals surface area contributed by atoms with Gasteiger partial charge in [-0.25, -0.2) is 0 Å². The van der Waals surface area contributed by atoms with Crippen molar-refractivity contribution in [1.29, 1.82) is 0 Å². The minimum Gasteiger partial charge on any atom is -0.469 e. The summed E-state index contributed by atoms with van der Waals surface area (Å²) in [6, 6.07) is 0. The van der Waals surface area contributed by atoms with Crippen LogP contribution >= 0.6 is 0 Å². The van der Waals surface area contributed by atoms with Crippen LogP contribution in [0.1, 0.15) is 59.8 Å². The number of hydrogen-bond acceptors (Lipinski definition) is 8. The topological polar surface area (TPSA) is 121 Å². The van der Waals surface area contributed by atoms with E-state index in [0.717, 1.165) is 25.0 Å². The first kappa shape index (κ1) is 25.3. The largest absolute Gasteiger partial charge is 0.469 e. The fraction of sp³-hybridized carbons (Fsp3) is 0.900. The molecule has 0 heterocycles. The van der Waals surface area contributed by atoms with Crippen molar-refractivity contribution in [2.75, 3.05) is 19.8 Å². The van der Waals surface area contributed by atoms with Crippen LogP contribution in [0.15, 0.2) is 11.8 Å². The second-order valence-corrected chi connectivity index (χ2v) is 8.41. The van der Waals surface area contributed by atoms with E-state index in [9.17, 15) is 10.2 Å². The Balaban J connectivity index is 2.14. The monoisotopic (exact) mass is 405 g/mol. The zero-order valence-corrected chi connectivity index (χ0v) is 17.6. The Kier molecular flexibility index (Phi) is 11.5. The van der Waals surface area contributed by atoms with Gasteiger partial charge in [0.15, 0.2) is 12.6 Å². The van der Waals surface area contributed by atoms with Crippen LogP contribution < -0.4 is 5.32 Å². The van der Waals surface area contributed by atoms with E-state index in [1.807, 2.05) is 33.8 Å². The second-order valence-electron chi connectivity index (χ2n) is 8.41. The van der Waals surface area contributed by atoms with E-state index < -0.39 is 24.6 Å². The van der Waals surface area contributed by atoms with Crippen LogP contribution in [0.25, 0.3) is 0 Å². The second kappa shape index (κ2) is 12.7. The van der Waals surface area contributed by atoms with Crippen molar-refractivity contribution >= 4 is 0 Å². The van der Waals surface area contributed by atoms with Crippen LogP contribution in [-0.2, 0) is 14.2 Å². The highest BCUT2D eigenvalue weighted by Crippen LogP contribution is 2.33. The van der Waals surface area contributed by atoms with Gasteiger partial charge in [-0.2, -0.15) is 0 Å². The minimum atomic E-state index is -1.25. The summed E-state index contributed by atoms with van der Waals surface area (Å²) in [5.41, 5.74) is -0.431. The van der Waals surface area contributed by atoms with Crippen LogP contribution in [0.5, 0.6) is 0 Å². The van der Waals surface area contributed by atoms with Gasteiger partial charge in [-0.05, 0) is 58.4 Å². The maximum atomic E-state index is 10.0. The number of hydrogen-bond donors (Lipinski definition) is 5. The molecule has 1 aliphatic rings. The Morgan fingerprint density at radius 1 is 1.14 bits per heavy atom. The molecule has 8 nitrogen and oxygen atoms in total. The summed E-state index contributed by atoms with van der Waals surface area (Å²) in [6.45, 7) is 8.79. The first-order valence-electron chi connectivity index (χ1n) is 10.1. The Labute approximate surface area is 168 Å². The molecule has 0 fully saturated rings. The molecule has 0 spiro atoms. The van der Waals surface area contributed by atoms with E-state index >= 15 is 0 Å². The summed E-state index contributed by atoms with van der Waals surface area (Å²) >= 11 is 0. The lowest BCUT2D eigenvalue weighted by molar-refractivity contribution is -0.182. The lowest BCUT2D eigenvalue weighted by Crippen LogP contribution is -2.39. The molecule has 4 unspecified atom stereocenters. The molecule has 0 aromatic heterocycles. The van der Waals surface area contributed by atoms with Gasteiger partial charge in [0.1, 0.15) is 0 Å². The molecule has 0 aromatic carbocycles. The third-order valence-corrected chi connectivity index (χ3v) is 4.47. The van der Waals surface area contributed by atoms with Gasteiger partial charge in [0.25, 0.3) is 0 Å². The quantitative estimate of drug-likeness (QED) is 0.231. The summed E-state index contributed by atoms with van der Waals surface area (Å²) in [5.74, 6) is 1.39. The highest BCUT2D eigenvalue weighted by atomic mass is 16.6. The smallest absolute Gasteiger partial charge is 0.214 e. The molecule has 0 amide bonds.